The zero-order valence-corrected chi connectivity index (χ0v) is 11.9. The number of aliphatic hydroxyl groups excluding tert-OH is 1. The van der Waals surface area contributed by atoms with Crippen molar-refractivity contribution in [1.82, 2.24) is 4.90 Å². The van der Waals surface area contributed by atoms with Gasteiger partial charge in [-0.15, -0.1) is 0 Å². The monoisotopic (exact) mass is 271 g/mol. The van der Waals surface area contributed by atoms with E-state index in [0.717, 1.165) is 25.3 Å². The molecule has 1 aromatic rings. The molecule has 0 bridgehead atoms. The summed E-state index contributed by atoms with van der Waals surface area (Å²) >= 11 is 5.92. The average Bonchev–Trinajstić information content (AvgIpc) is 2.37. The van der Waals surface area contributed by atoms with E-state index in [1.54, 1.807) is 0 Å². The minimum Gasteiger partial charge on any atom is -0.387 e. The summed E-state index contributed by atoms with van der Waals surface area (Å²) in [6, 6.07) is 7.37. The second kappa shape index (κ2) is 8.48. The molecule has 1 rings (SSSR count). The van der Waals surface area contributed by atoms with Gasteiger partial charge >= 0.3 is 0 Å². The number of hydrogen-bond donors (Lipinski definition) is 1. The van der Waals surface area contributed by atoms with Crippen molar-refractivity contribution in [2.24, 2.45) is 0 Å². The van der Waals surface area contributed by atoms with Crippen molar-refractivity contribution in [3.63, 3.8) is 0 Å². The van der Waals surface area contributed by atoms with Crippen LogP contribution in [0, 0.1) is 0 Å². The SMILES string of the molecule is CCOCCN(CC)CC(O)c1cccc(Cl)c1. The Morgan fingerprint density at radius 2 is 2.17 bits per heavy atom. The molecule has 0 aliphatic rings. The van der Waals surface area contributed by atoms with E-state index in [1.807, 2.05) is 31.2 Å². The molecule has 102 valence electrons. The highest BCUT2D eigenvalue weighted by Gasteiger charge is 2.12. The van der Waals surface area contributed by atoms with Crippen molar-refractivity contribution in [1.29, 1.82) is 0 Å². The van der Waals surface area contributed by atoms with Crippen LogP contribution in [0.1, 0.15) is 25.5 Å². The van der Waals surface area contributed by atoms with Crippen LogP contribution >= 0.6 is 11.6 Å². The van der Waals surface area contributed by atoms with Crippen LogP contribution in [-0.2, 0) is 4.74 Å². The van der Waals surface area contributed by atoms with Gasteiger partial charge in [0, 0.05) is 24.7 Å². The predicted molar refractivity (Wildman–Crippen MR) is 75.0 cm³/mol. The van der Waals surface area contributed by atoms with Crippen LogP contribution in [0.25, 0.3) is 0 Å². The van der Waals surface area contributed by atoms with Gasteiger partial charge in [0.05, 0.1) is 12.7 Å². The molecule has 1 aromatic carbocycles. The smallest absolute Gasteiger partial charge is 0.0917 e. The van der Waals surface area contributed by atoms with E-state index in [4.69, 9.17) is 16.3 Å². The van der Waals surface area contributed by atoms with E-state index in [0.29, 0.717) is 18.2 Å². The van der Waals surface area contributed by atoms with Crippen molar-refractivity contribution >= 4 is 11.6 Å². The molecule has 0 amide bonds. The van der Waals surface area contributed by atoms with Gasteiger partial charge in [-0.05, 0) is 31.2 Å². The first-order valence-corrected chi connectivity index (χ1v) is 6.78. The molecule has 0 saturated heterocycles. The summed E-state index contributed by atoms with van der Waals surface area (Å²) in [7, 11) is 0. The molecule has 0 spiro atoms. The molecule has 0 aliphatic carbocycles. The number of aliphatic hydroxyl groups is 1. The van der Waals surface area contributed by atoms with Crippen LogP contribution in [0.5, 0.6) is 0 Å². The summed E-state index contributed by atoms with van der Waals surface area (Å²) in [4.78, 5) is 2.17. The van der Waals surface area contributed by atoms with Gasteiger partial charge in [0.2, 0.25) is 0 Å². The van der Waals surface area contributed by atoms with Gasteiger partial charge in [0.25, 0.3) is 0 Å². The fraction of sp³-hybridized carbons (Fsp3) is 0.571. The standard InChI is InChI=1S/C14H22ClNO2/c1-3-16(8-9-18-4-2)11-14(17)12-6-5-7-13(15)10-12/h5-7,10,14,17H,3-4,8-9,11H2,1-2H3. The maximum Gasteiger partial charge on any atom is 0.0917 e. The molecule has 0 aliphatic heterocycles. The number of likely N-dealkylation sites (N-methyl/N-ethyl adjacent to an activating group) is 1. The van der Waals surface area contributed by atoms with Gasteiger partial charge in [-0.1, -0.05) is 30.7 Å². The lowest BCUT2D eigenvalue weighted by atomic mass is 10.1. The van der Waals surface area contributed by atoms with Gasteiger partial charge in [-0.25, -0.2) is 0 Å². The van der Waals surface area contributed by atoms with Crippen molar-refractivity contribution in [3.05, 3.63) is 34.9 Å². The molecule has 1 unspecified atom stereocenters. The summed E-state index contributed by atoms with van der Waals surface area (Å²) in [5.41, 5.74) is 0.859. The highest BCUT2D eigenvalue weighted by atomic mass is 35.5. The van der Waals surface area contributed by atoms with Gasteiger partial charge < -0.3 is 9.84 Å². The molecule has 18 heavy (non-hydrogen) atoms. The molecular formula is C14H22ClNO2. The van der Waals surface area contributed by atoms with Crippen LogP contribution in [0.2, 0.25) is 5.02 Å². The lowest BCUT2D eigenvalue weighted by Gasteiger charge is -2.23. The van der Waals surface area contributed by atoms with E-state index in [1.165, 1.54) is 0 Å². The number of halogens is 1. The fourth-order valence-electron chi connectivity index (χ4n) is 1.78. The number of ether oxygens (including phenoxy) is 1. The Morgan fingerprint density at radius 3 is 2.78 bits per heavy atom. The number of hydrogen-bond acceptors (Lipinski definition) is 3. The Morgan fingerprint density at radius 1 is 1.39 bits per heavy atom. The molecular weight excluding hydrogens is 250 g/mol. The number of rotatable bonds is 8. The Labute approximate surface area is 114 Å². The van der Waals surface area contributed by atoms with Gasteiger partial charge in [-0.3, -0.25) is 4.90 Å². The Bertz CT molecular complexity index is 346. The molecule has 1 atom stereocenters. The average molecular weight is 272 g/mol. The number of benzene rings is 1. The topological polar surface area (TPSA) is 32.7 Å². The minimum atomic E-state index is -0.509. The zero-order valence-electron chi connectivity index (χ0n) is 11.1. The van der Waals surface area contributed by atoms with Crippen LogP contribution in [0.3, 0.4) is 0 Å². The second-order valence-electron chi connectivity index (χ2n) is 4.16. The highest BCUT2D eigenvalue weighted by Crippen LogP contribution is 2.18. The molecule has 0 heterocycles. The molecule has 0 fully saturated rings. The largest absolute Gasteiger partial charge is 0.387 e. The number of nitrogens with zero attached hydrogens (tertiary/aromatic N) is 1. The molecule has 4 heteroatoms. The van der Waals surface area contributed by atoms with E-state index >= 15 is 0 Å². The highest BCUT2D eigenvalue weighted by molar-refractivity contribution is 6.30. The Balaban J connectivity index is 2.48. The van der Waals surface area contributed by atoms with Crippen molar-refractivity contribution in [2.45, 2.75) is 20.0 Å². The summed E-state index contributed by atoms with van der Waals surface area (Å²) < 4.78 is 5.33. The molecule has 0 saturated carbocycles. The van der Waals surface area contributed by atoms with Gasteiger partial charge in [-0.2, -0.15) is 0 Å². The third-order valence-corrected chi connectivity index (χ3v) is 3.10. The van der Waals surface area contributed by atoms with Gasteiger partial charge in [0.1, 0.15) is 0 Å². The lowest BCUT2D eigenvalue weighted by Crippen LogP contribution is -2.31. The Kier molecular flexibility index (Phi) is 7.28. The maximum absolute atomic E-state index is 10.2. The van der Waals surface area contributed by atoms with Crippen molar-refractivity contribution < 1.29 is 9.84 Å². The summed E-state index contributed by atoms with van der Waals surface area (Å²) in [6.07, 6.45) is -0.509. The van der Waals surface area contributed by atoms with Gasteiger partial charge in [0.15, 0.2) is 0 Å². The summed E-state index contributed by atoms with van der Waals surface area (Å²) in [5, 5.41) is 10.8. The molecule has 0 aromatic heterocycles. The second-order valence-corrected chi connectivity index (χ2v) is 4.60. The summed E-state index contributed by atoms with van der Waals surface area (Å²) in [6.45, 7) is 7.82. The third-order valence-electron chi connectivity index (χ3n) is 2.87. The fourth-order valence-corrected chi connectivity index (χ4v) is 1.98. The Hall–Kier alpha value is -0.610. The van der Waals surface area contributed by atoms with Crippen molar-refractivity contribution in [2.75, 3.05) is 32.8 Å². The van der Waals surface area contributed by atoms with E-state index in [9.17, 15) is 5.11 Å². The van der Waals surface area contributed by atoms with E-state index in [2.05, 4.69) is 11.8 Å². The normalized spacial score (nSPS) is 12.9. The maximum atomic E-state index is 10.2. The summed E-state index contributed by atoms with van der Waals surface area (Å²) in [5.74, 6) is 0. The lowest BCUT2D eigenvalue weighted by molar-refractivity contribution is 0.0792. The quantitative estimate of drug-likeness (QED) is 0.738. The minimum absolute atomic E-state index is 0.509. The first kappa shape index (κ1) is 15.4. The van der Waals surface area contributed by atoms with Crippen molar-refractivity contribution in [3.8, 4) is 0 Å². The predicted octanol–water partition coefficient (Wildman–Crippen LogP) is 2.73. The zero-order chi connectivity index (χ0) is 13.4. The third kappa shape index (κ3) is 5.36. The van der Waals surface area contributed by atoms with Crippen LogP contribution in [-0.4, -0.2) is 42.9 Å². The first-order chi connectivity index (χ1) is 8.67. The van der Waals surface area contributed by atoms with Crippen LogP contribution in [0.4, 0.5) is 0 Å². The van der Waals surface area contributed by atoms with E-state index in [-0.39, 0.29) is 0 Å². The molecule has 1 N–H and O–H groups in total. The van der Waals surface area contributed by atoms with E-state index < -0.39 is 6.10 Å². The van der Waals surface area contributed by atoms with Crippen LogP contribution in [0.15, 0.2) is 24.3 Å². The van der Waals surface area contributed by atoms with Crippen LogP contribution < -0.4 is 0 Å². The molecule has 0 radical (unpaired) electrons. The molecule has 3 nitrogen and oxygen atoms in total. The first-order valence-electron chi connectivity index (χ1n) is 6.41.